The molecule has 1 aromatic rings. The summed E-state index contributed by atoms with van der Waals surface area (Å²) in [6.07, 6.45) is 1.85. The first-order valence-corrected chi connectivity index (χ1v) is 6.02. The van der Waals surface area contributed by atoms with E-state index in [2.05, 4.69) is 10.3 Å². The highest BCUT2D eigenvalue weighted by Crippen LogP contribution is 2.13. The lowest BCUT2D eigenvalue weighted by molar-refractivity contribution is -0.134. The number of amides is 1. The van der Waals surface area contributed by atoms with Crippen LogP contribution >= 0.6 is 23.7 Å². The van der Waals surface area contributed by atoms with Crippen LogP contribution in [-0.4, -0.2) is 35.4 Å². The Kier molecular flexibility index (Phi) is 6.09. The lowest BCUT2D eigenvalue weighted by Crippen LogP contribution is -2.51. The summed E-state index contributed by atoms with van der Waals surface area (Å²) in [5.41, 5.74) is -0.540. The van der Waals surface area contributed by atoms with E-state index in [1.807, 2.05) is 27.0 Å². The van der Waals surface area contributed by atoms with E-state index >= 15 is 0 Å². The van der Waals surface area contributed by atoms with Crippen LogP contribution in [0.2, 0.25) is 0 Å². The van der Waals surface area contributed by atoms with Crippen molar-refractivity contribution in [2.24, 2.45) is 0 Å². The van der Waals surface area contributed by atoms with Crippen molar-refractivity contribution in [3.63, 3.8) is 0 Å². The molecule has 1 rings (SSSR count). The standard InChI is InChI=1S/C11H19N3OS.ClH/c1-8-12-6-9(16-8)7-13-11(2,3)10(15)14(4)5;/h6,13H,7H2,1-5H3;1H. The van der Waals surface area contributed by atoms with Crippen molar-refractivity contribution >= 4 is 29.7 Å². The van der Waals surface area contributed by atoms with E-state index < -0.39 is 5.54 Å². The minimum atomic E-state index is -0.540. The average Bonchev–Trinajstić information content (AvgIpc) is 2.60. The molecule has 1 N–H and O–H groups in total. The summed E-state index contributed by atoms with van der Waals surface area (Å²) in [6.45, 7) is 6.44. The highest BCUT2D eigenvalue weighted by molar-refractivity contribution is 7.11. The molecule has 1 aromatic heterocycles. The number of carbonyl (C=O) groups is 1. The first kappa shape index (κ1) is 16.4. The molecule has 0 saturated heterocycles. The van der Waals surface area contributed by atoms with Gasteiger partial charge in [0.1, 0.15) is 0 Å². The molecule has 0 unspecified atom stereocenters. The Morgan fingerprint density at radius 3 is 2.53 bits per heavy atom. The topological polar surface area (TPSA) is 45.2 Å². The van der Waals surface area contributed by atoms with Gasteiger partial charge in [0.05, 0.1) is 10.5 Å². The number of nitrogens with zero attached hydrogens (tertiary/aromatic N) is 2. The molecule has 1 heterocycles. The van der Waals surface area contributed by atoms with E-state index in [-0.39, 0.29) is 18.3 Å². The Morgan fingerprint density at radius 1 is 1.53 bits per heavy atom. The van der Waals surface area contributed by atoms with Crippen molar-refractivity contribution in [2.75, 3.05) is 14.1 Å². The lowest BCUT2D eigenvalue weighted by Gasteiger charge is -2.28. The second-order valence-electron chi connectivity index (χ2n) is 4.52. The second kappa shape index (κ2) is 6.33. The van der Waals surface area contributed by atoms with Crippen LogP contribution in [0.5, 0.6) is 0 Å². The van der Waals surface area contributed by atoms with Crippen molar-refractivity contribution in [3.8, 4) is 0 Å². The quantitative estimate of drug-likeness (QED) is 0.913. The molecule has 0 saturated carbocycles. The van der Waals surface area contributed by atoms with Crippen LogP contribution < -0.4 is 5.32 Å². The number of aromatic nitrogens is 1. The van der Waals surface area contributed by atoms with E-state index in [1.54, 1.807) is 30.3 Å². The SMILES string of the molecule is Cc1ncc(CNC(C)(C)C(=O)N(C)C)s1.Cl. The predicted molar refractivity (Wildman–Crippen MR) is 73.7 cm³/mol. The normalized spacial score (nSPS) is 10.9. The van der Waals surface area contributed by atoms with E-state index in [0.717, 1.165) is 9.88 Å². The third-order valence-corrected chi connectivity index (χ3v) is 3.23. The number of likely N-dealkylation sites (N-methyl/N-ethyl adjacent to an activating group) is 1. The first-order valence-electron chi connectivity index (χ1n) is 5.21. The number of thiazole rings is 1. The maximum Gasteiger partial charge on any atom is 0.241 e. The molecular weight excluding hydrogens is 258 g/mol. The number of hydrogen-bond donors (Lipinski definition) is 1. The molecular formula is C11H20ClN3OS. The van der Waals surface area contributed by atoms with Gasteiger partial charge in [0.2, 0.25) is 5.91 Å². The summed E-state index contributed by atoms with van der Waals surface area (Å²) in [7, 11) is 3.53. The van der Waals surface area contributed by atoms with Crippen molar-refractivity contribution in [1.82, 2.24) is 15.2 Å². The summed E-state index contributed by atoms with van der Waals surface area (Å²) < 4.78 is 0. The summed E-state index contributed by atoms with van der Waals surface area (Å²) in [5.74, 6) is 0.0775. The van der Waals surface area contributed by atoms with Crippen LogP contribution in [0, 0.1) is 6.92 Å². The van der Waals surface area contributed by atoms with Gasteiger partial charge in [-0.1, -0.05) is 0 Å². The predicted octanol–water partition coefficient (Wildman–Crippen LogP) is 1.83. The third-order valence-electron chi connectivity index (χ3n) is 2.31. The van der Waals surface area contributed by atoms with Gasteiger partial charge >= 0.3 is 0 Å². The van der Waals surface area contributed by atoms with Gasteiger partial charge in [-0.15, -0.1) is 23.7 Å². The Morgan fingerprint density at radius 2 is 2.12 bits per heavy atom. The van der Waals surface area contributed by atoms with Crippen LogP contribution in [0.4, 0.5) is 0 Å². The fraction of sp³-hybridized carbons (Fsp3) is 0.636. The Bertz CT molecular complexity index is 377. The molecule has 0 spiro atoms. The van der Waals surface area contributed by atoms with Crippen LogP contribution in [0.15, 0.2) is 6.20 Å². The molecule has 4 nitrogen and oxygen atoms in total. The van der Waals surface area contributed by atoms with Gasteiger partial charge in [-0.2, -0.15) is 0 Å². The van der Waals surface area contributed by atoms with Gasteiger partial charge in [-0.25, -0.2) is 4.98 Å². The third kappa shape index (κ3) is 4.61. The fourth-order valence-corrected chi connectivity index (χ4v) is 2.16. The van der Waals surface area contributed by atoms with Crippen molar-refractivity contribution < 1.29 is 4.79 Å². The van der Waals surface area contributed by atoms with Crippen molar-refractivity contribution in [3.05, 3.63) is 16.1 Å². The minimum Gasteiger partial charge on any atom is -0.347 e. The first-order chi connectivity index (χ1) is 7.33. The molecule has 6 heteroatoms. The summed E-state index contributed by atoms with van der Waals surface area (Å²) in [4.78, 5) is 18.8. The van der Waals surface area contributed by atoms with Gasteiger partial charge in [0.25, 0.3) is 0 Å². The summed E-state index contributed by atoms with van der Waals surface area (Å²) in [5, 5.41) is 4.30. The van der Waals surface area contributed by atoms with E-state index in [1.165, 1.54) is 0 Å². The van der Waals surface area contributed by atoms with Gasteiger partial charge in [0, 0.05) is 31.7 Å². The molecule has 1 amide bonds. The van der Waals surface area contributed by atoms with Gasteiger partial charge in [0.15, 0.2) is 0 Å². The Hall–Kier alpha value is -0.650. The van der Waals surface area contributed by atoms with Crippen LogP contribution in [0.1, 0.15) is 23.7 Å². The van der Waals surface area contributed by atoms with Crippen LogP contribution in [0.3, 0.4) is 0 Å². The summed E-state index contributed by atoms with van der Waals surface area (Å²) in [6, 6.07) is 0. The average molecular weight is 278 g/mol. The second-order valence-corrected chi connectivity index (χ2v) is 5.84. The van der Waals surface area contributed by atoms with Crippen LogP contribution in [-0.2, 0) is 11.3 Å². The number of carbonyl (C=O) groups excluding carboxylic acids is 1. The van der Waals surface area contributed by atoms with Gasteiger partial charge in [-0.3, -0.25) is 10.1 Å². The number of halogens is 1. The number of aryl methyl sites for hydroxylation is 1. The maximum atomic E-state index is 11.8. The zero-order valence-corrected chi connectivity index (χ0v) is 12.5. The monoisotopic (exact) mass is 277 g/mol. The van der Waals surface area contributed by atoms with E-state index in [9.17, 15) is 4.79 Å². The minimum absolute atomic E-state index is 0. The Labute approximate surface area is 113 Å². The maximum absolute atomic E-state index is 11.8. The molecule has 0 fully saturated rings. The van der Waals surface area contributed by atoms with E-state index in [0.29, 0.717) is 6.54 Å². The van der Waals surface area contributed by atoms with Crippen molar-refractivity contribution in [1.29, 1.82) is 0 Å². The molecule has 0 atom stereocenters. The zero-order chi connectivity index (χ0) is 12.3. The number of rotatable bonds is 4. The smallest absolute Gasteiger partial charge is 0.241 e. The van der Waals surface area contributed by atoms with Gasteiger partial charge < -0.3 is 4.90 Å². The number of nitrogens with one attached hydrogen (secondary N) is 1. The zero-order valence-electron chi connectivity index (χ0n) is 10.9. The Balaban J connectivity index is 0.00000256. The van der Waals surface area contributed by atoms with Gasteiger partial charge in [-0.05, 0) is 20.8 Å². The van der Waals surface area contributed by atoms with Crippen LogP contribution in [0.25, 0.3) is 0 Å². The molecule has 0 aliphatic carbocycles. The molecule has 0 aliphatic rings. The molecule has 0 radical (unpaired) electrons. The van der Waals surface area contributed by atoms with Crippen molar-refractivity contribution in [2.45, 2.75) is 32.9 Å². The number of hydrogen-bond acceptors (Lipinski definition) is 4. The largest absolute Gasteiger partial charge is 0.347 e. The molecule has 0 bridgehead atoms. The van der Waals surface area contributed by atoms with E-state index in [4.69, 9.17) is 0 Å². The summed E-state index contributed by atoms with van der Waals surface area (Å²) >= 11 is 1.65. The lowest BCUT2D eigenvalue weighted by atomic mass is 10.0. The highest BCUT2D eigenvalue weighted by atomic mass is 35.5. The highest BCUT2D eigenvalue weighted by Gasteiger charge is 2.28. The molecule has 0 aromatic carbocycles. The fourth-order valence-electron chi connectivity index (χ4n) is 1.43. The molecule has 0 aliphatic heterocycles. The molecule has 98 valence electrons. The molecule has 17 heavy (non-hydrogen) atoms.